The molecule has 1 aliphatic carbocycles. The van der Waals surface area contributed by atoms with Crippen LogP contribution in [0.4, 0.5) is 17.5 Å². The summed E-state index contributed by atoms with van der Waals surface area (Å²) in [6.45, 7) is 4.15. The molecule has 0 radical (unpaired) electrons. The fourth-order valence-electron chi connectivity index (χ4n) is 4.59. The third-order valence-electron chi connectivity index (χ3n) is 6.29. The van der Waals surface area contributed by atoms with Crippen molar-refractivity contribution in [1.82, 2.24) is 19.6 Å². The van der Waals surface area contributed by atoms with Crippen molar-refractivity contribution in [1.29, 1.82) is 0 Å². The number of carbonyl (C=O) groups is 1. The van der Waals surface area contributed by atoms with Gasteiger partial charge in [0, 0.05) is 55.0 Å². The van der Waals surface area contributed by atoms with Crippen molar-refractivity contribution in [2.24, 2.45) is 0 Å². The zero-order chi connectivity index (χ0) is 26.4. The van der Waals surface area contributed by atoms with Gasteiger partial charge in [-0.05, 0) is 36.6 Å². The summed E-state index contributed by atoms with van der Waals surface area (Å²) in [6.07, 6.45) is 6.25. The van der Waals surface area contributed by atoms with Gasteiger partial charge in [-0.2, -0.15) is 4.98 Å². The van der Waals surface area contributed by atoms with E-state index in [4.69, 9.17) is 16.3 Å². The van der Waals surface area contributed by atoms with Crippen molar-refractivity contribution in [3.05, 3.63) is 35.0 Å². The van der Waals surface area contributed by atoms with Gasteiger partial charge in [-0.25, -0.2) is 18.1 Å². The lowest BCUT2D eigenvalue weighted by Crippen LogP contribution is -2.48. The van der Waals surface area contributed by atoms with Crippen LogP contribution in [0, 0.1) is 0 Å². The molecule has 202 valence electrons. The summed E-state index contributed by atoms with van der Waals surface area (Å²) in [7, 11) is -3.33. The first-order valence-corrected chi connectivity index (χ1v) is 15.6. The molecule has 0 saturated heterocycles. The van der Waals surface area contributed by atoms with E-state index < -0.39 is 10.0 Å². The van der Waals surface area contributed by atoms with E-state index in [1.807, 2.05) is 17.8 Å². The molecule has 2 aliphatic rings. The van der Waals surface area contributed by atoms with Gasteiger partial charge in [-0.15, -0.1) is 11.8 Å². The number of nitrogens with one attached hydrogen (secondary N) is 3. The molecule has 2 atom stereocenters. The van der Waals surface area contributed by atoms with Crippen molar-refractivity contribution < 1.29 is 17.9 Å². The molecular formula is C24H33ClN6O4S2. The summed E-state index contributed by atoms with van der Waals surface area (Å²) < 4.78 is 31.5. The smallest absolute Gasteiger partial charge is 0.302 e. The molecule has 1 aromatic heterocycles. The fraction of sp³-hybridized carbons (Fsp3) is 0.542. The quantitative estimate of drug-likeness (QED) is 0.386. The SMILES string of the molecule is CC(=O)OCCN1CCSc2ccc(Nc3ncc(Cl)c(NC4CCCC[C@H]4NS(C)(=O)=O)n3)cc2C1. The van der Waals surface area contributed by atoms with Gasteiger partial charge in [0.05, 0.1) is 12.5 Å². The lowest BCUT2D eigenvalue weighted by Gasteiger charge is -2.32. The summed E-state index contributed by atoms with van der Waals surface area (Å²) in [6, 6.07) is 5.84. The molecule has 4 rings (SSSR count). The molecular weight excluding hydrogens is 536 g/mol. The normalized spacial score (nSPS) is 20.5. The van der Waals surface area contributed by atoms with E-state index >= 15 is 0 Å². The summed E-state index contributed by atoms with van der Waals surface area (Å²) in [5.74, 6) is 1.56. The number of anilines is 3. The lowest BCUT2D eigenvalue weighted by molar-refractivity contribution is -0.141. The zero-order valence-corrected chi connectivity index (χ0v) is 23.4. The maximum atomic E-state index is 11.8. The number of aromatic nitrogens is 2. The average molecular weight is 569 g/mol. The third kappa shape index (κ3) is 8.44. The second-order valence-corrected chi connectivity index (χ2v) is 12.7. The van der Waals surface area contributed by atoms with E-state index in [9.17, 15) is 13.2 Å². The summed E-state index contributed by atoms with van der Waals surface area (Å²) in [5.41, 5.74) is 2.03. The van der Waals surface area contributed by atoms with E-state index in [2.05, 4.69) is 42.4 Å². The van der Waals surface area contributed by atoms with Crippen LogP contribution in [0.15, 0.2) is 29.3 Å². The topological polar surface area (TPSA) is 126 Å². The second-order valence-electron chi connectivity index (χ2n) is 9.33. The van der Waals surface area contributed by atoms with Gasteiger partial charge in [-0.3, -0.25) is 9.69 Å². The molecule has 37 heavy (non-hydrogen) atoms. The number of thioether (sulfide) groups is 1. The number of esters is 1. The maximum absolute atomic E-state index is 11.8. The monoisotopic (exact) mass is 568 g/mol. The van der Waals surface area contributed by atoms with Crippen molar-refractivity contribution >= 4 is 56.8 Å². The predicted molar refractivity (Wildman–Crippen MR) is 147 cm³/mol. The number of hydrogen-bond donors (Lipinski definition) is 3. The summed E-state index contributed by atoms with van der Waals surface area (Å²) in [5, 5.41) is 6.99. The van der Waals surface area contributed by atoms with Crippen LogP contribution >= 0.6 is 23.4 Å². The molecule has 3 N–H and O–H groups in total. The Hall–Kier alpha value is -2.12. The first-order valence-electron chi connectivity index (χ1n) is 12.3. The molecule has 1 aliphatic heterocycles. The third-order valence-corrected chi connectivity index (χ3v) is 8.39. The van der Waals surface area contributed by atoms with Crippen molar-refractivity contribution in [3.8, 4) is 0 Å². The number of fused-ring (bicyclic) bond motifs is 1. The molecule has 0 bridgehead atoms. The van der Waals surface area contributed by atoms with Crippen LogP contribution in [0.1, 0.15) is 38.2 Å². The Balaban J connectivity index is 1.45. The Morgan fingerprint density at radius 2 is 2.05 bits per heavy atom. The Morgan fingerprint density at radius 3 is 2.81 bits per heavy atom. The molecule has 1 saturated carbocycles. The van der Waals surface area contributed by atoms with Gasteiger partial charge in [-0.1, -0.05) is 24.4 Å². The number of carbonyl (C=O) groups excluding carboxylic acids is 1. The van der Waals surface area contributed by atoms with E-state index in [-0.39, 0.29) is 18.1 Å². The molecule has 2 heterocycles. The summed E-state index contributed by atoms with van der Waals surface area (Å²) in [4.78, 5) is 23.5. The highest BCUT2D eigenvalue weighted by atomic mass is 35.5. The second kappa shape index (κ2) is 12.6. The minimum absolute atomic E-state index is 0.119. The maximum Gasteiger partial charge on any atom is 0.302 e. The van der Waals surface area contributed by atoms with Gasteiger partial charge in [0.2, 0.25) is 16.0 Å². The Morgan fingerprint density at radius 1 is 1.27 bits per heavy atom. The fourth-order valence-corrected chi connectivity index (χ4v) is 6.61. The lowest BCUT2D eigenvalue weighted by atomic mass is 9.91. The number of benzene rings is 1. The molecule has 1 unspecified atom stereocenters. The minimum Gasteiger partial charge on any atom is -0.465 e. The predicted octanol–water partition coefficient (Wildman–Crippen LogP) is 3.62. The zero-order valence-electron chi connectivity index (χ0n) is 21.0. The van der Waals surface area contributed by atoms with Gasteiger partial charge >= 0.3 is 5.97 Å². The minimum atomic E-state index is -3.33. The van der Waals surface area contributed by atoms with Crippen LogP contribution in [0.2, 0.25) is 5.02 Å². The first-order chi connectivity index (χ1) is 17.7. The van der Waals surface area contributed by atoms with Crippen molar-refractivity contribution in [2.75, 3.05) is 42.3 Å². The molecule has 0 amide bonds. The molecule has 2 aromatic rings. The van der Waals surface area contributed by atoms with Crippen LogP contribution in [-0.2, 0) is 26.1 Å². The largest absolute Gasteiger partial charge is 0.465 e. The van der Waals surface area contributed by atoms with Crippen LogP contribution in [0.5, 0.6) is 0 Å². The molecule has 1 aromatic carbocycles. The highest BCUT2D eigenvalue weighted by molar-refractivity contribution is 7.99. The van der Waals surface area contributed by atoms with Crippen LogP contribution < -0.4 is 15.4 Å². The molecule has 1 fully saturated rings. The standard InChI is InChI=1S/C24H33ClN6O4S2/c1-16(32)35-11-9-31-10-12-36-22-8-7-18(13-17(22)15-31)27-24-26-14-19(25)23(29-24)28-20-5-3-4-6-21(20)30-37(2,33)34/h7-8,13-14,20-21,30H,3-6,9-12,15H2,1-2H3,(H2,26,27,28,29)/t20?,21-/m1/s1. The van der Waals surface area contributed by atoms with Crippen LogP contribution in [0.25, 0.3) is 0 Å². The molecule has 13 heteroatoms. The number of nitrogens with zero attached hydrogens (tertiary/aromatic N) is 3. The van der Waals surface area contributed by atoms with E-state index in [1.165, 1.54) is 29.8 Å². The van der Waals surface area contributed by atoms with Crippen molar-refractivity contribution in [3.63, 3.8) is 0 Å². The summed E-state index contributed by atoms with van der Waals surface area (Å²) >= 11 is 8.21. The van der Waals surface area contributed by atoms with Crippen molar-refractivity contribution in [2.45, 2.75) is 56.1 Å². The van der Waals surface area contributed by atoms with E-state index in [0.29, 0.717) is 29.9 Å². The number of sulfonamides is 1. The van der Waals surface area contributed by atoms with Crippen LogP contribution in [0.3, 0.4) is 0 Å². The highest BCUT2D eigenvalue weighted by Crippen LogP contribution is 2.31. The molecule has 10 nitrogen and oxygen atoms in total. The Labute approximate surface area is 227 Å². The van der Waals surface area contributed by atoms with Gasteiger partial charge < -0.3 is 15.4 Å². The number of rotatable bonds is 9. The number of halogens is 1. The van der Waals surface area contributed by atoms with Gasteiger partial charge in [0.1, 0.15) is 11.6 Å². The Bertz CT molecular complexity index is 1220. The average Bonchev–Trinajstić information content (AvgIpc) is 3.03. The highest BCUT2D eigenvalue weighted by Gasteiger charge is 2.28. The van der Waals surface area contributed by atoms with Gasteiger partial charge in [0.25, 0.3) is 0 Å². The van der Waals surface area contributed by atoms with E-state index in [1.54, 1.807) is 0 Å². The van der Waals surface area contributed by atoms with E-state index in [0.717, 1.165) is 50.2 Å². The Kier molecular flexibility index (Phi) is 9.51. The number of hydrogen-bond acceptors (Lipinski definition) is 10. The van der Waals surface area contributed by atoms with Gasteiger partial charge in [0.15, 0.2) is 5.82 Å². The number of ether oxygens (including phenoxy) is 1. The van der Waals surface area contributed by atoms with Crippen LogP contribution in [-0.4, -0.2) is 73.0 Å². The molecule has 0 spiro atoms. The first kappa shape index (κ1) is 27.9.